The predicted molar refractivity (Wildman–Crippen MR) is 89.2 cm³/mol. The third-order valence-corrected chi connectivity index (χ3v) is 3.70. The van der Waals surface area contributed by atoms with Crippen molar-refractivity contribution in [1.82, 2.24) is 19.9 Å². The van der Waals surface area contributed by atoms with Crippen LogP contribution in [-0.2, 0) is 0 Å². The molecule has 4 rings (SSSR count). The second-order valence-electron chi connectivity index (χ2n) is 5.16. The van der Waals surface area contributed by atoms with Gasteiger partial charge in [-0.05, 0) is 18.2 Å². The Morgan fingerprint density at radius 1 is 1.00 bits per heavy atom. The molecule has 0 radical (unpaired) electrons. The van der Waals surface area contributed by atoms with E-state index in [-0.39, 0.29) is 5.56 Å². The fraction of sp³-hybridized carbons (Fsp3) is 0. The van der Waals surface area contributed by atoms with Crippen molar-refractivity contribution in [2.45, 2.75) is 0 Å². The maximum Gasteiger partial charge on any atom is 0.280 e. The third-order valence-electron chi connectivity index (χ3n) is 3.70. The number of H-pyrrole nitrogens is 1. The van der Waals surface area contributed by atoms with Crippen LogP contribution in [0.15, 0.2) is 65.5 Å². The van der Waals surface area contributed by atoms with Crippen LogP contribution in [0.5, 0.6) is 0 Å². The van der Waals surface area contributed by atoms with E-state index in [1.165, 1.54) is 0 Å². The first kappa shape index (κ1) is 13.3. The van der Waals surface area contributed by atoms with Crippen molar-refractivity contribution < 1.29 is 0 Å². The highest BCUT2D eigenvalue weighted by Gasteiger charge is 2.13. The van der Waals surface area contributed by atoms with Gasteiger partial charge in [0.25, 0.3) is 5.56 Å². The van der Waals surface area contributed by atoms with E-state index in [9.17, 15) is 4.79 Å². The molecule has 0 fully saturated rings. The number of nitrogens with zero attached hydrogens (tertiary/aromatic N) is 3. The normalized spacial score (nSPS) is 11.0. The molecule has 6 nitrogen and oxygen atoms in total. The van der Waals surface area contributed by atoms with E-state index in [4.69, 9.17) is 5.84 Å². The molecule has 2 heterocycles. The quantitative estimate of drug-likeness (QED) is 0.555. The maximum atomic E-state index is 12.4. The number of benzene rings is 2. The molecule has 2 aromatic heterocycles. The van der Waals surface area contributed by atoms with Gasteiger partial charge in [-0.15, -0.1) is 0 Å². The van der Waals surface area contributed by atoms with Gasteiger partial charge >= 0.3 is 0 Å². The minimum absolute atomic E-state index is 0.290. The second kappa shape index (κ2) is 5.10. The minimum atomic E-state index is -0.290. The van der Waals surface area contributed by atoms with Crippen LogP contribution in [0.3, 0.4) is 0 Å². The zero-order chi connectivity index (χ0) is 15.8. The lowest BCUT2D eigenvalue weighted by molar-refractivity contribution is 0.914. The van der Waals surface area contributed by atoms with Gasteiger partial charge < -0.3 is 5.84 Å². The topological polar surface area (TPSA) is 89.6 Å². The van der Waals surface area contributed by atoms with Crippen LogP contribution in [0, 0.1) is 0 Å². The molecule has 3 N–H and O–H groups in total. The summed E-state index contributed by atoms with van der Waals surface area (Å²) < 4.78 is 1.05. The molecule has 2 aromatic carbocycles. The predicted octanol–water partition coefficient (Wildman–Crippen LogP) is 2.17. The first-order chi connectivity index (χ1) is 11.2. The molecule has 0 aliphatic carbocycles. The Bertz CT molecular complexity index is 1050. The smallest absolute Gasteiger partial charge is 0.280 e. The van der Waals surface area contributed by atoms with E-state index in [1.54, 1.807) is 18.2 Å². The Balaban J connectivity index is 1.89. The second-order valence-corrected chi connectivity index (χ2v) is 5.16. The number of nitrogens with two attached hydrogens (primary N) is 1. The highest BCUT2D eigenvalue weighted by atomic mass is 16.1. The molecule has 0 saturated heterocycles. The van der Waals surface area contributed by atoms with Gasteiger partial charge in [-0.25, -0.2) is 9.66 Å². The molecule has 0 atom stereocenters. The summed E-state index contributed by atoms with van der Waals surface area (Å²) in [7, 11) is 0. The Morgan fingerprint density at radius 3 is 2.57 bits per heavy atom. The monoisotopic (exact) mass is 303 g/mol. The molecule has 23 heavy (non-hydrogen) atoms. The van der Waals surface area contributed by atoms with Crippen molar-refractivity contribution in [1.29, 1.82) is 0 Å². The molecule has 0 aliphatic heterocycles. The molecule has 0 unspecified atom stereocenters. The van der Waals surface area contributed by atoms with E-state index in [0.717, 1.165) is 15.9 Å². The number of aromatic amines is 1. The van der Waals surface area contributed by atoms with E-state index < -0.39 is 0 Å². The summed E-state index contributed by atoms with van der Waals surface area (Å²) in [5.41, 5.74) is 2.64. The molecular formula is C17H13N5O. The summed E-state index contributed by atoms with van der Waals surface area (Å²) in [6, 6.07) is 18.7. The van der Waals surface area contributed by atoms with E-state index in [1.807, 2.05) is 42.5 Å². The van der Waals surface area contributed by atoms with Crippen LogP contribution in [0.4, 0.5) is 0 Å². The van der Waals surface area contributed by atoms with Crippen molar-refractivity contribution >= 4 is 10.9 Å². The van der Waals surface area contributed by atoms with Crippen molar-refractivity contribution in [2.24, 2.45) is 0 Å². The lowest BCUT2D eigenvalue weighted by Gasteiger charge is -2.06. The van der Waals surface area contributed by atoms with Gasteiger partial charge in [0, 0.05) is 5.56 Å². The Hall–Kier alpha value is -3.41. The summed E-state index contributed by atoms with van der Waals surface area (Å²) in [5.74, 6) is 6.27. The number of hydrogen-bond acceptors (Lipinski definition) is 4. The van der Waals surface area contributed by atoms with Gasteiger partial charge in [-0.2, -0.15) is 5.10 Å². The highest BCUT2D eigenvalue weighted by Crippen LogP contribution is 2.22. The van der Waals surface area contributed by atoms with Crippen molar-refractivity contribution in [3.63, 3.8) is 0 Å². The van der Waals surface area contributed by atoms with E-state index in [0.29, 0.717) is 22.4 Å². The number of para-hydroxylation sites is 1. The minimum Gasteiger partial charge on any atom is -0.334 e. The number of nitrogen functional groups attached to an aromatic ring is 1. The summed E-state index contributed by atoms with van der Waals surface area (Å²) in [5, 5.41) is 7.67. The van der Waals surface area contributed by atoms with Gasteiger partial charge in [0.2, 0.25) is 0 Å². The van der Waals surface area contributed by atoms with Crippen LogP contribution in [-0.4, -0.2) is 19.9 Å². The van der Waals surface area contributed by atoms with Crippen LogP contribution >= 0.6 is 0 Å². The molecule has 0 amide bonds. The van der Waals surface area contributed by atoms with Gasteiger partial charge in [-0.1, -0.05) is 42.5 Å². The van der Waals surface area contributed by atoms with E-state index in [2.05, 4.69) is 15.2 Å². The Morgan fingerprint density at radius 2 is 1.74 bits per heavy atom. The average Bonchev–Trinajstić information content (AvgIpc) is 3.09. The van der Waals surface area contributed by atoms with Crippen molar-refractivity contribution in [2.75, 3.05) is 5.84 Å². The van der Waals surface area contributed by atoms with E-state index >= 15 is 0 Å². The third kappa shape index (κ3) is 2.17. The van der Waals surface area contributed by atoms with Gasteiger partial charge in [0.1, 0.15) is 5.69 Å². The fourth-order valence-electron chi connectivity index (χ4n) is 2.53. The zero-order valence-corrected chi connectivity index (χ0v) is 12.1. The van der Waals surface area contributed by atoms with Crippen LogP contribution in [0.2, 0.25) is 0 Å². The fourth-order valence-corrected chi connectivity index (χ4v) is 2.53. The van der Waals surface area contributed by atoms with Crippen LogP contribution in [0.1, 0.15) is 0 Å². The number of fused-ring (bicyclic) bond motifs is 1. The summed E-state index contributed by atoms with van der Waals surface area (Å²) in [6.45, 7) is 0. The van der Waals surface area contributed by atoms with Crippen molar-refractivity contribution in [3.05, 3.63) is 71.0 Å². The molecular weight excluding hydrogens is 290 g/mol. The highest BCUT2D eigenvalue weighted by molar-refractivity contribution is 5.79. The SMILES string of the molecule is Nn1c(-c2cc(-c3ccccc3)n[nH]2)nc2ccccc2c1=O. The maximum absolute atomic E-state index is 12.4. The zero-order valence-electron chi connectivity index (χ0n) is 12.1. The summed E-state index contributed by atoms with van der Waals surface area (Å²) in [6.07, 6.45) is 0. The molecule has 0 aliphatic rings. The summed E-state index contributed by atoms with van der Waals surface area (Å²) in [4.78, 5) is 16.8. The standard InChI is InChI=1S/C17H13N5O/c18-22-16(19-13-9-5-4-8-12(13)17(22)23)15-10-14(20-21-15)11-6-2-1-3-7-11/h1-10H,18H2,(H,20,21). The summed E-state index contributed by atoms with van der Waals surface area (Å²) >= 11 is 0. The Kier molecular flexibility index (Phi) is 2.94. The molecule has 112 valence electrons. The van der Waals surface area contributed by atoms with Gasteiger partial charge in [0.05, 0.1) is 16.6 Å². The number of rotatable bonds is 2. The van der Waals surface area contributed by atoms with Crippen molar-refractivity contribution in [3.8, 4) is 22.8 Å². The Labute approximate surface area is 131 Å². The van der Waals surface area contributed by atoms with Crippen LogP contribution in [0.25, 0.3) is 33.7 Å². The first-order valence-corrected chi connectivity index (χ1v) is 7.12. The van der Waals surface area contributed by atoms with Gasteiger partial charge in [0.15, 0.2) is 5.82 Å². The molecule has 4 aromatic rings. The molecule has 6 heteroatoms. The lowest BCUT2D eigenvalue weighted by Crippen LogP contribution is -2.29. The average molecular weight is 303 g/mol. The van der Waals surface area contributed by atoms with Gasteiger partial charge in [-0.3, -0.25) is 9.89 Å². The number of aromatic nitrogens is 4. The van der Waals surface area contributed by atoms with Crippen LogP contribution < -0.4 is 11.4 Å². The lowest BCUT2D eigenvalue weighted by atomic mass is 10.1. The first-order valence-electron chi connectivity index (χ1n) is 7.12. The largest absolute Gasteiger partial charge is 0.334 e. The molecule has 0 spiro atoms. The molecule has 0 bridgehead atoms. The number of nitrogens with one attached hydrogen (secondary N) is 1. The number of hydrogen-bond donors (Lipinski definition) is 2. The molecule has 0 saturated carbocycles.